The summed E-state index contributed by atoms with van der Waals surface area (Å²) < 4.78 is 0. The van der Waals surface area contributed by atoms with Gasteiger partial charge in [-0.25, -0.2) is 0 Å². The lowest BCUT2D eigenvalue weighted by atomic mass is 9.98. The molecule has 3 rings (SSSR count). The van der Waals surface area contributed by atoms with Gasteiger partial charge in [-0.1, -0.05) is 24.3 Å². The number of rotatable bonds is 0. The van der Waals surface area contributed by atoms with E-state index in [2.05, 4.69) is 40.7 Å². The van der Waals surface area contributed by atoms with Gasteiger partial charge in [-0.2, -0.15) is 0 Å². The van der Waals surface area contributed by atoms with E-state index in [4.69, 9.17) is 0 Å². The minimum absolute atomic E-state index is 0.224. The average molecular weight is 170 g/mol. The van der Waals surface area contributed by atoms with Crippen molar-refractivity contribution in [3.63, 3.8) is 0 Å². The minimum Gasteiger partial charge on any atom is -0.363 e. The summed E-state index contributed by atoms with van der Waals surface area (Å²) in [5.74, 6) is 0.432. The van der Waals surface area contributed by atoms with E-state index in [1.807, 2.05) is 12.3 Å². The Hall–Kier alpha value is -1.57. The zero-order valence-electron chi connectivity index (χ0n) is 7.14. The highest BCUT2D eigenvalue weighted by Crippen LogP contribution is 2.37. The Kier molecular flexibility index (Phi) is 1.30. The molecule has 2 aliphatic rings. The van der Waals surface area contributed by atoms with Crippen LogP contribution in [0.15, 0.2) is 41.4 Å². The normalized spacial score (nSPS) is 28.0. The lowest BCUT2D eigenvalue weighted by molar-refractivity contribution is 0.715. The van der Waals surface area contributed by atoms with Gasteiger partial charge < -0.3 is 5.32 Å². The fourth-order valence-corrected chi connectivity index (χ4v) is 1.99. The first-order chi connectivity index (χ1) is 6.45. The van der Waals surface area contributed by atoms with Crippen LogP contribution in [0.1, 0.15) is 11.5 Å². The van der Waals surface area contributed by atoms with Crippen LogP contribution in [0.5, 0.6) is 0 Å². The predicted octanol–water partition coefficient (Wildman–Crippen LogP) is 2.16. The zero-order valence-corrected chi connectivity index (χ0v) is 7.14. The number of nitrogens with zero attached hydrogens (tertiary/aromatic N) is 1. The predicted molar refractivity (Wildman–Crippen MR) is 54.2 cm³/mol. The maximum absolute atomic E-state index is 4.38. The fourth-order valence-electron chi connectivity index (χ4n) is 1.99. The highest BCUT2D eigenvalue weighted by molar-refractivity contribution is 5.75. The second-order valence-corrected chi connectivity index (χ2v) is 3.39. The van der Waals surface area contributed by atoms with Crippen molar-refractivity contribution in [2.45, 2.75) is 12.1 Å². The summed E-state index contributed by atoms with van der Waals surface area (Å²) >= 11 is 0. The molecule has 2 unspecified atom stereocenters. The van der Waals surface area contributed by atoms with Crippen LogP contribution in [0, 0.1) is 0 Å². The van der Waals surface area contributed by atoms with Crippen LogP contribution in [0.3, 0.4) is 0 Å². The van der Waals surface area contributed by atoms with Crippen LogP contribution >= 0.6 is 0 Å². The van der Waals surface area contributed by atoms with Crippen molar-refractivity contribution < 1.29 is 0 Å². The van der Waals surface area contributed by atoms with Crippen LogP contribution in [-0.4, -0.2) is 12.4 Å². The Morgan fingerprint density at radius 2 is 2.15 bits per heavy atom. The van der Waals surface area contributed by atoms with Gasteiger partial charge in [0.1, 0.15) is 6.17 Å². The van der Waals surface area contributed by atoms with Gasteiger partial charge in [-0.05, 0) is 17.7 Å². The molecule has 1 aromatic carbocycles. The molecule has 0 fully saturated rings. The van der Waals surface area contributed by atoms with E-state index in [1.165, 1.54) is 11.3 Å². The zero-order chi connectivity index (χ0) is 8.67. The number of allylic oxidation sites excluding steroid dienone is 1. The second-order valence-electron chi connectivity index (χ2n) is 3.39. The standard InChI is InChI=1S/C11H10N2/c1-2-6-10-8(4-1)9-5-3-7-12-11(9)13-10/h1-7,9,11,13H. The van der Waals surface area contributed by atoms with Crippen LogP contribution in [0.2, 0.25) is 0 Å². The first kappa shape index (κ1) is 6.89. The van der Waals surface area contributed by atoms with Crippen molar-refractivity contribution in [3.8, 4) is 0 Å². The fraction of sp³-hybridized carbons (Fsp3) is 0.182. The van der Waals surface area contributed by atoms with Crippen molar-refractivity contribution in [1.82, 2.24) is 0 Å². The van der Waals surface area contributed by atoms with Crippen molar-refractivity contribution >= 4 is 11.9 Å². The molecule has 13 heavy (non-hydrogen) atoms. The molecule has 2 nitrogen and oxygen atoms in total. The Bertz CT molecular complexity index is 393. The topological polar surface area (TPSA) is 24.4 Å². The number of hydrogen-bond donors (Lipinski definition) is 1. The Balaban J connectivity index is 2.12. The Morgan fingerprint density at radius 1 is 1.23 bits per heavy atom. The van der Waals surface area contributed by atoms with Gasteiger partial charge in [0.05, 0.1) is 0 Å². The van der Waals surface area contributed by atoms with Gasteiger partial charge >= 0.3 is 0 Å². The molecule has 0 radical (unpaired) electrons. The Labute approximate surface area is 77.0 Å². The first-order valence-corrected chi connectivity index (χ1v) is 4.50. The van der Waals surface area contributed by atoms with Gasteiger partial charge in [0.15, 0.2) is 0 Å². The number of aliphatic imine (C=N–C) groups is 1. The van der Waals surface area contributed by atoms with Gasteiger partial charge in [-0.3, -0.25) is 4.99 Å². The molecule has 2 aliphatic heterocycles. The number of dihydropyridines is 1. The van der Waals surface area contributed by atoms with Crippen molar-refractivity contribution in [2.75, 3.05) is 5.32 Å². The lowest BCUT2D eigenvalue weighted by Gasteiger charge is -2.14. The van der Waals surface area contributed by atoms with Crippen molar-refractivity contribution in [3.05, 3.63) is 42.0 Å². The van der Waals surface area contributed by atoms with E-state index >= 15 is 0 Å². The molecule has 0 aliphatic carbocycles. The molecule has 1 aromatic rings. The SMILES string of the molecule is C1=CC2c3ccccc3NC2N=C1. The molecule has 0 saturated heterocycles. The van der Waals surface area contributed by atoms with Crippen LogP contribution in [0.25, 0.3) is 0 Å². The number of nitrogens with one attached hydrogen (secondary N) is 1. The van der Waals surface area contributed by atoms with E-state index in [0.29, 0.717) is 5.92 Å². The molecule has 2 heteroatoms. The average Bonchev–Trinajstić information content (AvgIpc) is 2.56. The quantitative estimate of drug-likeness (QED) is 0.634. The van der Waals surface area contributed by atoms with Gasteiger partial charge in [0.25, 0.3) is 0 Å². The number of fused-ring (bicyclic) bond motifs is 3. The number of benzene rings is 1. The monoisotopic (exact) mass is 170 g/mol. The Morgan fingerprint density at radius 3 is 3.15 bits per heavy atom. The minimum atomic E-state index is 0.224. The molecule has 0 aromatic heterocycles. The summed E-state index contributed by atoms with van der Waals surface area (Å²) in [7, 11) is 0. The molecule has 0 bridgehead atoms. The largest absolute Gasteiger partial charge is 0.363 e. The molecule has 0 amide bonds. The summed E-state index contributed by atoms with van der Waals surface area (Å²) in [5.41, 5.74) is 2.59. The van der Waals surface area contributed by atoms with Crippen molar-refractivity contribution in [1.29, 1.82) is 0 Å². The summed E-state index contributed by atoms with van der Waals surface area (Å²) in [4.78, 5) is 4.38. The molecular weight excluding hydrogens is 160 g/mol. The number of anilines is 1. The third-order valence-corrected chi connectivity index (χ3v) is 2.61. The maximum atomic E-state index is 4.38. The summed E-state index contributed by atoms with van der Waals surface area (Å²) in [6, 6.07) is 8.40. The van der Waals surface area contributed by atoms with Crippen LogP contribution in [-0.2, 0) is 0 Å². The first-order valence-electron chi connectivity index (χ1n) is 4.50. The third-order valence-electron chi connectivity index (χ3n) is 2.61. The van der Waals surface area contributed by atoms with Crippen molar-refractivity contribution in [2.24, 2.45) is 4.99 Å². The maximum Gasteiger partial charge on any atom is 0.129 e. The molecule has 2 atom stereocenters. The molecule has 2 heterocycles. The molecular formula is C11H10N2. The smallest absolute Gasteiger partial charge is 0.129 e. The second kappa shape index (κ2) is 2.46. The summed E-state index contributed by atoms with van der Waals surface area (Å²) in [6.45, 7) is 0. The summed E-state index contributed by atoms with van der Waals surface area (Å²) in [5, 5.41) is 3.39. The van der Waals surface area contributed by atoms with E-state index in [1.54, 1.807) is 0 Å². The molecule has 64 valence electrons. The van der Waals surface area contributed by atoms with E-state index in [9.17, 15) is 0 Å². The van der Waals surface area contributed by atoms with Gasteiger partial charge in [0, 0.05) is 17.8 Å². The van der Waals surface area contributed by atoms with E-state index in [-0.39, 0.29) is 6.17 Å². The lowest BCUT2D eigenvalue weighted by Crippen LogP contribution is -2.18. The molecule has 0 saturated carbocycles. The number of para-hydroxylation sites is 1. The number of hydrogen-bond acceptors (Lipinski definition) is 2. The molecule has 0 spiro atoms. The summed E-state index contributed by atoms with van der Waals surface area (Å²) in [6.07, 6.45) is 6.31. The van der Waals surface area contributed by atoms with Crippen LogP contribution in [0.4, 0.5) is 5.69 Å². The van der Waals surface area contributed by atoms with Crippen LogP contribution < -0.4 is 5.32 Å². The molecule has 1 N–H and O–H groups in total. The van der Waals surface area contributed by atoms with E-state index < -0.39 is 0 Å². The van der Waals surface area contributed by atoms with E-state index in [0.717, 1.165) is 0 Å². The third kappa shape index (κ3) is 0.917. The van der Waals surface area contributed by atoms with Gasteiger partial charge in [0.2, 0.25) is 0 Å². The highest BCUT2D eigenvalue weighted by Gasteiger charge is 2.29. The highest BCUT2D eigenvalue weighted by atomic mass is 15.1. The van der Waals surface area contributed by atoms with Gasteiger partial charge in [-0.15, -0.1) is 0 Å².